The average molecular weight is 226 g/mol. The number of aromatic amines is 1. The normalized spacial score (nSPS) is 12.8. The number of rotatable bonds is 4. The minimum absolute atomic E-state index is 0.118. The summed E-state index contributed by atoms with van der Waals surface area (Å²) in [6.07, 6.45) is 0. The largest absolute Gasteiger partial charge is 0.395 e. The molecule has 0 saturated heterocycles. The molecule has 1 aromatic rings. The van der Waals surface area contributed by atoms with Crippen LogP contribution in [0, 0.1) is 0 Å². The van der Waals surface area contributed by atoms with Crippen LogP contribution in [-0.2, 0) is 0 Å². The van der Waals surface area contributed by atoms with Crippen molar-refractivity contribution in [1.29, 1.82) is 0 Å². The first-order chi connectivity index (χ1) is 7.47. The van der Waals surface area contributed by atoms with E-state index in [9.17, 15) is 4.79 Å². The molecule has 0 saturated carbocycles. The highest BCUT2D eigenvalue weighted by Crippen LogP contribution is 2.21. The Bertz CT molecular complexity index is 373. The number of nitrogens with two attached hydrogens (primary N) is 1. The lowest BCUT2D eigenvalue weighted by Crippen LogP contribution is -2.35. The maximum atomic E-state index is 11.7. The zero-order chi connectivity index (χ0) is 12.3. The molecule has 1 aromatic heterocycles. The van der Waals surface area contributed by atoms with Gasteiger partial charge in [0.05, 0.1) is 18.0 Å². The lowest BCUT2D eigenvalue weighted by molar-refractivity contribution is 0.0918. The molecule has 5 N–H and O–H groups in total. The van der Waals surface area contributed by atoms with E-state index in [1.165, 1.54) is 0 Å². The SMILES string of the molecule is CC(C)c1[nH]nc(C(=O)N[C@@H](C)CO)c1N. The summed E-state index contributed by atoms with van der Waals surface area (Å²) in [5.41, 5.74) is 7.11. The van der Waals surface area contributed by atoms with Gasteiger partial charge < -0.3 is 16.2 Å². The molecule has 0 fully saturated rings. The van der Waals surface area contributed by atoms with Crippen LogP contribution in [0.15, 0.2) is 0 Å². The number of H-pyrrole nitrogens is 1. The van der Waals surface area contributed by atoms with Crippen LogP contribution in [0.25, 0.3) is 0 Å². The average Bonchev–Trinajstić information content (AvgIpc) is 2.59. The van der Waals surface area contributed by atoms with E-state index in [2.05, 4.69) is 15.5 Å². The maximum Gasteiger partial charge on any atom is 0.274 e. The van der Waals surface area contributed by atoms with Crippen molar-refractivity contribution >= 4 is 11.6 Å². The summed E-state index contributed by atoms with van der Waals surface area (Å²) < 4.78 is 0. The second-order valence-electron chi connectivity index (χ2n) is 4.11. The van der Waals surface area contributed by atoms with Gasteiger partial charge in [0.15, 0.2) is 5.69 Å². The number of aliphatic hydroxyl groups is 1. The summed E-state index contributed by atoms with van der Waals surface area (Å²) in [5, 5.41) is 18.0. The van der Waals surface area contributed by atoms with Gasteiger partial charge in [0.1, 0.15) is 0 Å². The molecule has 0 aliphatic rings. The lowest BCUT2D eigenvalue weighted by atomic mass is 10.1. The molecule has 16 heavy (non-hydrogen) atoms. The van der Waals surface area contributed by atoms with Crippen molar-refractivity contribution in [3.8, 4) is 0 Å². The fraction of sp³-hybridized carbons (Fsp3) is 0.600. The van der Waals surface area contributed by atoms with Gasteiger partial charge in [-0.25, -0.2) is 0 Å². The molecule has 90 valence electrons. The van der Waals surface area contributed by atoms with E-state index >= 15 is 0 Å². The van der Waals surface area contributed by atoms with Crippen LogP contribution in [0.3, 0.4) is 0 Å². The Hall–Kier alpha value is -1.56. The molecule has 0 bridgehead atoms. The predicted octanol–water partition coefficient (Wildman–Crippen LogP) is 0.226. The number of hydrogen-bond acceptors (Lipinski definition) is 4. The predicted molar refractivity (Wildman–Crippen MR) is 61.1 cm³/mol. The van der Waals surface area contributed by atoms with Crippen LogP contribution in [0.2, 0.25) is 0 Å². The molecule has 0 aliphatic heterocycles. The van der Waals surface area contributed by atoms with Gasteiger partial charge in [-0.1, -0.05) is 13.8 Å². The molecular weight excluding hydrogens is 208 g/mol. The van der Waals surface area contributed by atoms with Gasteiger partial charge in [0, 0.05) is 6.04 Å². The highest BCUT2D eigenvalue weighted by Gasteiger charge is 2.19. The van der Waals surface area contributed by atoms with Crippen LogP contribution < -0.4 is 11.1 Å². The Morgan fingerprint density at radius 1 is 1.56 bits per heavy atom. The topological polar surface area (TPSA) is 104 Å². The number of hydrogen-bond donors (Lipinski definition) is 4. The number of carbonyl (C=O) groups is 1. The van der Waals surface area contributed by atoms with Crippen molar-refractivity contribution in [3.63, 3.8) is 0 Å². The zero-order valence-corrected chi connectivity index (χ0v) is 9.74. The number of aromatic nitrogens is 2. The highest BCUT2D eigenvalue weighted by molar-refractivity contribution is 5.97. The molecule has 0 radical (unpaired) electrons. The number of nitrogens with one attached hydrogen (secondary N) is 2. The molecular formula is C10H18N4O2. The summed E-state index contributed by atoms with van der Waals surface area (Å²) in [6, 6.07) is -0.314. The molecule has 0 spiro atoms. The van der Waals surface area contributed by atoms with Gasteiger partial charge in [0.2, 0.25) is 0 Å². The van der Waals surface area contributed by atoms with E-state index in [-0.39, 0.29) is 30.2 Å². The summed E-state index contributed by atoms with van der Waals surface area (Å²) in [4.78, 5) is 11.7. The number of nitrogens with zero attached hydrogens (tertiary/aromatic N) is 1. The van der Waals surface area contributed by atoms with E-state index in [0.29, 0.717) is 5.69 Å². The Morgan fingerprint density at radius 2 is 2.19 bits per heavy atom. The highest BCUT2D eigenvalue weighted by atomic mass is 16.3. The van der Waals surface area contributed by atoms with Crippen LogP contribution in [0.1, 0.15) is 42.9 Å². The Labute approximate surface area is 94.2 Å². The molecule has 1 rings (SSSR count). The molecule has 1 heterocycles. The van der Waals surface area contributed by atoms with E-state index in [4.69, 9.17) is 10.8 Å². The quantitative estimate of drug-likeness (QED) is 0.589. The van der Waals surface area contributed by atoms with Gasteiger partial charge in [-0.2, -0.15) is 5.10 Å². The molecule has 0 aliphatic carbocycles. The van der Waals surface area contributed by atoms with Crippen molar-refractivity contribution in [2.45, 2.75) is 32.7 Å². The molecule has 6 nitrogen and oxygen atoms in total. The third-order valence-electron chi connectivity index (χ3n) is 2.28. The number of nitrogen functional groups attached to an aromatic ring is 1. The Balaban J connectivity index is 2.85. The molecule has 6 heteroatoms. The smallest absolute Gasteiger partial charge is 0.274 e. The van der Waals surface area contributed by atoms with Gasteiger partial charge in [-0.05, 0) is 12.8 Å². The van der Waals surface area contributed by atoms with Gasteiger partial charge in [-0.3, -0.25) is 9.89 Å². The summed E-state index contributed by atoms with van der Waals surface area (Å²) in [7, 11) is 0. The summed E-state index contributed by atoms with van der Waals surface area (Å²) >= 11 is 0. The minimum atomic E-state index is -0.373. The fourth-order valence-corrected chi connectivity index (χ4v) is 1.32. The van der Waals surface area contributed by atoms with Gasteiger partial charge >= 0.3 is 0 Å². The van der Waals surface area contributed by atoms with Gasteiger partial charge in [0.25, 0.3) is 5.91 Å². The number of aliphatic hydroxyl groups excluding tert-OH is 1. The third-order valence-corrected chi connectivity index (χ3v) is 2.28. The molecule has 1 amide bonds. The number of anilines is 1. The monoisotopic (exact) mass is 226 g/mol. The van der Waals surface area contributed by atoms with E-state index < -0.39 is 0 Å². The fourth-order valence-electron chi connectivity index (χ4n) is 1.32. The van der Waals surface area contributed by atoms with Crippen molar-refractivity contribution in [2.75, 3.05) is 12.3 Å². The first kappa shape index (κ1) is 12.5. The third kappa shape index (κ3) is 2.52. The Kier molecular flexibility index (Phi) is 3.89. The summed E-state index contributed by atoms with van der Waals surface area (Å²) in [6.45, 7) is 5.50. The second kappa shape index (κ2) is 4.98. The van der Waals surface area contributed by atoms with Crippen LogP contribution in [0.4, 0.5) is 5.69 Å². The molecule has 0 aromatic carbocycles. The zero-order valence-electron chi connectivity index (χ0n) is 9.74. The van der Waals surface area contributed by atoms with E-state index in [0.717, 1.165) is 5.69 Å². The minimum Gasteiger partial charge on any atom is -0.395 e. The first-order valence-corrected chi connectivity index (χ1v) is 5.22. The number of amides is 1. The van der Waals surface area contributed by atoms with Crippen LogP contribution >= 0.6 is 0 Å². The van der Waals surface area contributed by atoms with E-state index in [1.807, 2.05) is 13.8 Å². The van der Waals surface area contributed by atoms with Crippen LogP contribution in [-0.4, -0.2) is 33.9 Å². The maximum absolute atomic E-state index is 11.7. The van der Waals surface area contributed by atoms with Crippen molar-refractivity contribution in [3.05, 3.63) is 11.4 Å². The lowest BCUT2D eigenvalue weighted by Gasteiger charge is -2.09. The number of carbonyl (C=O) groups excluding carboxylic acids is 1. The van der Waals surface area contributed by atoms with Crippen molar-refractivity contribution < 1.29 is 9.90 Å². The van der Waals surface area contributed by atoms with Gasteiger partial charge in [-0.15, -0.1) is 0 Å². The standard InChI is InChI=1S/C10H18N4O2/c1-5(2)8-7(11)9(14-13-8)10(16)12-6(3)4-15/h5-6,15H,4,11H2,1-3H3,(H,12,16)(H,13,14)/t6-/m0/s1. The van der Waals surface area contributed by atoms with E-state index in [1.54, 1.807) is 6.92 Å². The molecule has 1 atom stereocenters. The molecule has 0 unspecified atom stereocenters. The van der Waals surface area contributed by atoms with Crippen molar-refractivity contribution in [1.82, 2.24) is 15.5 Å². The summed E-state index contributed by atoms with van der Waals surface area (Å²) in [5.74, 6) is -0.188. The Morgan fingerprint density at radius 3 is 2.62 bits per heavy atom. The van der Waals surface area contributed by atoms with Crippen molar-refractivity contribution in [2.24, 2.45) is 0 Å². The second-order valence-corrected chi connectivity index (χ2v) is 4.11. The van der Waals surface area contributed by atoms with Crippen LogP contribution in [0.5, 0.6) is 0 Å². The first-order valence-electron chi connectivity index (χ1n) is 5.22.